The molecule has 4 rings (SSSR count). The Hall–Kier alpha value is -3.10. The number of piperidine rings is 1. The Bertz CT molecular complexity index is 1030. The van der Waals surface area contributed by atoms with E-state index < -0.39 is 0 Å². The Morgan fingerprint density at radius 1 is 1.21 bits per heavy atom. The number of methoxy groups -OCH3 is 1. The smallest absolute Gasteiger partial charge is 0.260 e. The summed E-state index contributed by atoms with van der Waals surface area (Å²) in [6.07, 6.45) is 3.48. The zero-order valence-corrected chi connectivity index (χ0v) is 17.3. The van der Waals surface area contributed by atoms with Crippen LogP contribution in [0.2, 0.25) is 0 Å². The lowest BCUT2D eigenvalue weighted by Crippen LogP contribution is -2.39. The van der Waals surface area contributed by atoms with Gasteiger partial charge in [-0.2, -0.15) is 0 Å². The molecule has 0 saturated carbocycles. The number of fused-ring (bicyclic) bond motifs is 1. The van der Waals surface area contributed by atoms with Gasteiger partial charge in [-0.05, 0) is 38.7 Å². The number of ether oxygens (including phenoxy) is 2. The Balaban J connectivity index is 1.33. The third-order valence-corrected chi connectivity index (χ3v) is 5.50. The molecule has 0 spiro atoms. The molecule has 154 valence electrons. The van der Waals surface area contributed by atoms with Gasteiger partial charge in [0.05, 0.1) is 25.1 Å². The molecule has 1 amide bonds. The zero-order valence-electron chi connectivity index (χ0n) is 17.3. The zero-order chi connectivity index (χ0) is 20.5. The monoisotopic (exact) mass is 398 g/mol. The Morgan fingerprint density at radius 3 is 2.69 bits per heavy atom. The van der Waals surface area contributed by atoms with Crippen LogP contribution < -0.4 is 9.47 Å². The fourth-order valence-electron chi connectivity index (χ4n) is 3.66. The van der Waals surface area contributed by atoms with Crippen LogP contribution in [0.15, 0.2) is 18.3 Å². The van der Waals surface area contributed by atoms with E-state index in [1.165, 1.54) is 7.11 Å². The minimum atomic E-state index is -0.0348. The summed E-state index contributed by atoms with van der Waals surface area (Å²) in [5, 5.41) is 8.69. The van der Waals surface area contributed by atoms with Crippen LogP contribution in [0.3, 0.4) is 0 Å². The highest BCUT2D eigenvalue weighted by Gasteiger charge is 2.27. The van der Waals surface area contributed by atoms with Gasteiger partial charge in [-0.25, -0.2) is 9.50 Å². The molecule has 0 aromatic carbocycles. The summed E-state index contributed by atoms with van der Waals surface area (Å²) in [6.45, 7) is 5.94. The van der Waals surface area contributed by atoms with Gasteiger partial charge < -0.3 is 14.4 Å². The van der Waals surface area contributed by atoms with Crippen LogP contribution in [0.4, 0.5) is 0 Å². The van der Waals surface area contributed by atoms with Gasteiger partial charge in [0, 0.05) is 32.4 Å². The lowest BCUT2D eigenvalue weighted by Gasteiger charge is -2.31. The molecular weight excluding hydrogens is 372 g/mol. The predicted octanol–water partition coefficient (Wildman–Crippen LogP) is 2.02. The maximum Gasteiger partial charge on any atom is 0.260 e. The van der Waals surface area contributed by atoms with E-state index in [-0.39, 0.29) is 5.91 Å². The Labute approximate surface area is 169 Å². The van der Waals surface area contributed by atoms with Crippen LogP contribution in [0, 0.1) is 19.8 Å². The summed E-state index contributed by atoms with van der Waals surface area (Å²) >= 11 is 0. The summed E-state index contributed by atoms with van der Waals surface area (Å²) in [7, 11) is 3.31. The molecule has 0 atom stereocenters. The highest BCUT2D eigenvalue weighted by Crippen LogP contribution is 2.23. The van der Waals surface area contributed by atoms with Gasteiger partial charge in [0.25, 0.3) is 5.91 Å². The van der Waals surface area contributed by atoms with E-state index in [2.05, 4.69) is 15.2 Å². The first kappa shape index (κ1) is 19.2. The number of hydrogen-bond donors (Lipinski definition) is 0. The van der Waals surface area contributed by atoms with E-state index in [0.29, 0.717) is 42.9 Å². The lowest BCUT2D eigenvalue weighted by molar-refractivity contribution is 0.0655. The standard InChI is InChI=1S/C20H26N6O3/c1-13-14(2)26-17(21-13)5-6-18(22-26)29-12-15-7-9-25(10-8-15)20(27)16-11-24(3)23-19(16)28-4/h5-6,11,15H,7-10,12H2,1-4H3. The van der Waals surface area contributed by atoms with Crippen molar-refractivity contribution in [3.63, 3.8) is 0 Å². The van der Waals surface area contributed by atoms with Crippen molar-refractivity contribution in [3.05, 3.63) is 35.3 Å². The molecule has 1 saturated heterocycles. The number of nitrogens with zero attached hydrogens (tertiary/aromatic N) is 6. The number of aryl methyl sites for hydroxylation is 3. The van der Waals surface area contributed by atoms with Crippen molar-refractivity contribution in [1.29, 1.82) is 0 Å². The molecule has 1 aliphatic heterocycles. The number of amides is 1. The fraction of sp³-hybridized carbons (Fsp3) is 0.500. The number of imidazole rings is 1. The minimum Gasteiger partial charge on any atom is -0.479 e. The van der Waals surface area contributed by atoms with Crippen molar-refractivity contribution in [2.24, 2.45) is 13.0 Å². The van der Waals surface area contributed by atoms with Crippen LogP contribution in [0.25, 0.3) is 5.65 Å². The van der Waals surface area contributed by atoms with Gasteiger partial charge in [0.15, 0.2) is 5.65 Å². The fourth-order valence-corrected chi connectivity index (χ4v) is 3.66. The largest absolute Gasteiger partial charge is 0.479 e. The third kappa shape index (κ3) is 3.76. The average molecular weight is 398 g/mol. The maximum absolute atomic E-state index is 12.8. The van der Waals surface area contributed by atoms with E-state index in [1.54, 1.807) is 17.9 Å². The van der Waals surface area contributed by atoms with Gasteiger partial charge in [0.1, 0.15) is 5.56 Å². The second-order valence-electron chi connectivity index (χ2n) is 7.50. The van der Waals surface area contributed by atoms with Crippen molar-refractivity contribution in [3.8, 4) is 11.8 Å². The lowest BCUT2D eigenvalue weighted by atomic mass is 9.97. The first-order valence-corrected chi connectivity index (χ1v) is 9.79. The normalized spacial score (nSPS) is 15.1. The van der Waals surface area contributed by atoms with Gasteiger partial charge >= 0.3 is 0 Å². The van der Waals surface area contributed by atoms with Crippen LogP contribution in [0.5, 0.6) is 11.8 Å². The van der Waals surface area contributed by atoms with Crippen molar-refractivity contribution >= 4 is 11.6 Å². The summed E-state index contributed by atoms with van der Waals surface area (Å²) in [5.41, 5.74) is 3.32. The van der Waals surface area contributed by atoms with Crippen LogP contribution >= 0.6 is 0 Å². The molecule has 0 N–H and O–H groups in total. The second kappa shape index (κ2) is 7.73. The van der Waals surface area contributed by atoms with Crippen molar-refractivity contribution in [2.45, 2.75) is 26.7 Å². The quantitative estimate of drug-likeness (QED) is 0.654. The maximum atomic E-state index is 12.8. The van der Waals surface area contributed by atoms with Crippen molar-refractivity contribution in [1.82, 2.24) is 29.3 Å². The molecule has 0 unspecified atom stereocenters. The van der Waals surface area contributed by atoms with Crippen molar-refractivity contribution in [2.75, 3.05) is 26.8 Å². The first-order valence-electron chi connectivity index (χ1n) is 9.79. The number of aromatic nitrogens is 5. The topological polar surface area (TPSA) is 86.8 Å². The van der Waals surface area contributed by atoms with Crippen LogP contribution in [-0.4, -0.2) is 62.0 Å². The minimum absolute atomic E-state index is 0.0348. The SMILES string of the molecule is COc1nn(C)cc1C(=O)N1CCC(COc2ccc3nc(C)c(C)n3n2)CC1. The van der Waals surface area contributed by atoms with Gasteiger partial charge in [-0.3, -0.25) is 9.48 Å². The number of likely N-dealkylation sites (tertiary alicyclic amines) is 1. The van der Waals surface area contributed by atoms with Gasteiger partial charge in [-0.1, -0.05) is 0 Å². The first-order chi connectivity index (χ1) is 14.0. The molecule has 1 aliphatic rings. The molecule has 0 aliphatic carbocycles. The summed E-state index contributed by atoms with van der Waals surface area (Å²) < 4.78 is 14.6. The summed E-state index contributed by atoms with van der Waals surface area (Å²) in [4.78, 5) is 19.1. The summed E-state index contributed by atoms with van der Waals surface area (Å²) in [6, 6.07) is 3.78. The number of rotatable bonds is 5. The number of carbonyl (C=O) groups excluding carboxylic acids is 1. The molecule has 9 heteroatoms. The Kier molecular flexibility index (Phi) is 5.12. The molecule has 0 bridgehead atoms. The van der Waals surface area contributed by atoms with Crippen LogP contribution in [0.1, 0.15) is 34.6 Å². The van der Waals surface area contributed by atoms with Gasteiger partial charge in [0.2, 0.25) is 11.8 Å². The van der Waals surface area contributed by atoms with E-state index in [9.17, 15) is 4.79 Å². The molecule has 3 aromatic heterocycles. The molecule has 4 heterocycles. The molecule has 29 heavy (non-hydrogen) atoms. The van der Waals surface area contributed by atoms with E-state index in [1.807, 2.05) is 35.4 Å². The molecular formula is C20H26N6O3. The van der Waals surface area contributed by atoms with Crippen molar-refractivity contribution < 1.29 is 14.3 Å². The highest BCUT2D eigenvalue weighted by molar-refractivity contribution is 5.96. The van der Waals surface area contributed by atoms with E-state index >= 15 is 0 Å². The number of carbonyl (C=O) groups is 1. The van der Waals surface area contributed by atoms with E-state index in [4.69, 9.17) is 9.47 Å². The molecule has 0 radical (unpaired) electrons. The second-order valence-corrected chi connectivity index (χ2v) is 7.50. The van der Waals surface area contributed by atoms with E-state index in [0.717, 1.165) is 29.9 Å². The summed E-state index contributed by atoms with van der Waals surface area (Å²) in [5.74, 6) is 1.32. The number of hydrogen-bond acceptors (Lipinski definition) is 6. The third-order valence-electron chi connectivity index (χ3n) is 5.50. The van der Waals surface area contributed by atoms with Crippen LogP contribution in [-0.2, 0) is 7.05 Å². The predicted molar refractivity (Wildman–Crippen MR) is 106 cm³/mol. The highest BCUT2D eigenvalue weighted by atomic mass is 16.5. The molecule has 9 nitrogen and oxygen atoms in total. The van der Waals surface area contributed by atoms with Gasteiger partial charge in [-0.15, -0.1) is 10.2 Å². The molecule has 3 aromatic rings. The Morgan fingerprint density at radius 2 is 1.97 bits per heavy atom. The average Bonchev–Trinajstić information content (AvgIpc) is 3.25. The molecule has 1 fully saturated rings.